The molecule has 0 bridgehead atoms. The normalized spacial score (nSPS) is 14.0. The van der Waals surface area contributed by atoms with Crippen molar-refractivity contribution in [3.63, 3.8) is 0 Å². The molecule has 5 nitrogen and oxygen atoms in total. The summed E-state index contributed by atoms with van der Waals surface area (Å²) in [6.45, 7) is 2.28. The van der Waals surface area contributed by atoms with Crippen molar-refractivity contribution >= 4 is 5.95 Å². The van der Waals surface area contributed by atoms with Crippen molar-refractivity contribution in [3.05, 3.63) is 5.69 Å². The first-order chi connectivity index (χ1) is 14.6. The van der Waals surface area contributed by atoms with Gasteiger partial charge in [-0.1, -0.05) is 84.0 Å². The van der Waals surface area contributed by atoms with Gasteiger partial charge in [0.1, 0.15) is 6.10 Å². The van der Waals surface area contributed by atoms with Crippen LogP contribution in [0, 0.1) is 0 Å². The molecule has 172 valence electrons. The van der Waals surface area contributed by atoms with Gasteiger partial charge < -0.3 is 14.7 Å². The highest BCUT2D eigenvalue weighted by molar-refractivity contribution is 5.43. The van der Waals surface area contributed by atoms with Gasteiger partial charge in [0, 0.05) is 14.1 Å². The van der Waals surface area contributed by atoms with Crippen LogP contribution >= 0.6 is 0 Å². The molecule has 0 amide bonds. The lowest BCUT2D eigenvalue weighted by Crippen LogP contribution is -2.25. The van der Waals surface area contributed by atoms with Crippen molar-refractivity contribution in [2.24, 2.45) is 0 Å². The Bertz CT molecular complexity index is 588. The minimum absolute atomic E-state index is 0.145. The molecule has 5 heteroatoms. The second-order valence-corrected chi connectivity index (χ2v) is 9.18. The number of rotatable bonds is 17. The molecule has 0 unspecified atom stereocenters. The van der Waals surface area contributed by atoms with Crippen LogP contribution in [0.25, 0.3) is 0 Å². The second kappa shape index (κ2) is 14.5. The van der Waals surface area contributed by atoms with Crippen molar-refractivity contribution < 1.29 is 9.84 Å². The SMILES string of the molecule is CCCCCCCCCCCCCCCc1nc(N(C)C)nc(OC2CCC2)c1O. The third kappa shape index (κ3) is 9.09. The quantitative estimate of drug-likeness (QED) is 0.281. The minimum Gasteiger partial charge on any atom is -0.502 e. The first-order valence-electron chi connectivity index (χ1n) is 12.6. The molecule has 0 radical (unpaired) electrons. The van der Waals surface area contributed by atoms with Gasteiger partial charge in [0.15, 0.2) is 0 Å². The highest BCUT2D eigenvalue weighted by Gasteiger charge is 2.23. The lowest BCUT2D eigenvalue weighted by atomic mass is 9.96. The zero-order valence-corrected chi connectivity index (χ0v) is 19.8. The van der Waals surface area contributed by atoms with Crippen LogP contribution in [0.5, 0.6) is 11.6 Å². The van der Waals surface area contributed by atoms with Crippen molar-refractivity contribution in [3.8, 4) is 11.6 Å². The van der Waals surface area contributed by atoms with Crippen LogP contribution in [0.1, 0.15) is 115 Å². The predicted molar refractivity (Wildman–Crippen MR) is 126 cm³/mol. The van der Waals surface area contributed by atoms with Crippen molar-refractivity contribution in [1.29, 1.82) is 0 Å². The summed E-state index contributed by atoms with van der Waals surface area (Å²) in [5.41, 5.74) is 0.728. The summed E-state index contributed by atoms with van der Waals surface area (Å²) in [6, 6.07) is 0. The molecule has 0 atom stereocenters. The monoisotopic (exact) mass is 419 g/mol. The highest BCUT2D eigenvalue weighted by Crippen LogP contribution is 2.34. The van der Waals surface area contributed by atoms with Crippen LogP contribution in [0.4, 0.5) is 5.95 Å². The maximum atomic E-state index is 10.6. The number of anilines is 1. The van der Waals surface area contributed by atoms with E-state index in [1.807, 2.05) is 19.0 Å². The van der Waals surface area contributed by atoms with Gasteiger partial charge in [0.25, 0.3) is 5.88 Å². The Morgan fingerprint density at radius 3 is 1.83 bits per heavy atom. The molecule has 2 rings (SSSR count). The average molecular weight is 420 g/mol. The zero-order chi connectivity index (χ0) is 21.6. The van der Waals surface area contributed by atoms with E-state index in [-0.39, 0.29) is 11.9 Å². The molecule has 1 aliphatic rings. The number of aromatic nitrogens is 2. The van der Waals surface area contributed by atoms with Crippen LogP contribution in [-0.2, 0) is 6.42 Å². The van der Waals surface area contributed by atoms with Gasteiger partial charge in [-0.3, -0.25) is 0 Å². The maximum Gasteiger partial charge on any atom is 0.262 e. The van der Waals surface area contributed by atoms with E-state index < -0.39 is 0 Å². The molecule has 1 aromatic heterocycles. The molecule has 0 saturated heterocycles. The van der Waals surface area contributed by atoms with E-state index >= 15 is 0 Å². The lowest BCUT2D eigenvalue weighted by Gasteiger charge is -2.26. The second-order valence-electron chi connectivity index (χ2n) is 9.18. The number of hydrogen-bond donors (Lipinski definition) is 1. The topological polar surface area (TPSA) is 58.5 Å². The first kappa shape index (κ1) is 24.7. The molecule has 1 aromatic rings. The zero-order valence-electron chi connectivity index (χ0n) is 19.8. The van der Waals surface area contributed by atoms with Crippen LogP contribution in [-0.4, -0.2) is 35.3 Å². The van der Waals surface area contributed by atoms with E-state index in [2.05, 4.69) is 16.9 Å². The maximum absolute atomic E-state index is 10.6. The van der Waals surface area contributed by atoms with Gasteiger partial charge in [-0.2, -0.15) is 4.98 Å². The summed E-state index contributed by atoms with van der Waals surface area (Å²) in [5, 5.41) is 10.6. The number of nitrogens with zero attached hydrogens (tertiary/aromatic N) is 3. The highest BCUT2D eigenvalue weighted by atomic mass is 16.5. The third-order valence-electron chi connectivity index (χ3n) is 6.16. The standard InChI is InChI=1S/C25H45N3O2/c1-4-5-6-7-8-9-10-11-12-13-14-15-16-20-22-23(29)24(30-21-18-17-19-21)27-25(26-22)28(2)3/h21,29H,4-20H2,1-3H3. The fourth-order valence-corrected chi connectivity index (χ4v) is 3.88. The molecular formula is C25H45N3O2. The summed E-state index contributed by atoms with van der Waals surface area (Å²) in [6.07, 6.45) is 21.7. The summed E-state index contributed by atoms with van der Waals surface area (Å²) < 4.78 is 5.90. The third-order valence-corrected chi connectivity index (χ3v) is 6.16. The molecule has 30 heavy (non-hydrogen) atoms. The van der Waals surface area contributed by atoms with Crippen molar-refractivity contribution in [1.82, 2.24) is 9.97 Å². The van der Waals surface area contributed by atoms with Crippen LogP contribution in [0.2, 0.25) is 0 Å². The van der Waals surface area contributed by atoms with Crippen LogP contribution in [0.15, 0.2) is 0 Å². The Morgan fingerprint density at radius 2 is 1.37 bits per heavy atom. The van der Waals surface area contributed by atoms with Gasteiger partial charge in [-0.15, -0.1) is 0 Å². The lowest BCUT2D eigenvalue weighted by molar-refractivity contribution is 0.110. The van der Waals surface area contributed by atoms with Gasteiger partial charge in [0.05, 0.1) is 5.69 Å². The van der Waals surface area contributed by atoms with Crippen LogP contribution < -0.4 is 9.64 Å². The fraction of sp³-hybridized carbons (Fsp3) is 0.840. The van der Waals surface area contributed by atoms with Crippen molar-refractivity contribution in [2.75, 3.05) is 19.0 Å². The Kier molecular flexibility index (Phi) is 11.9. The number of ether oxygens (including phenoxy) is 1. The number of unbranched alkanes of at least 4 members (excludes halogenated alkanes) is 12. The molecule has 1 saturated carbocycles. The Balaban J connectivity index is 1.61. The Labute approximate surface area is 184 Å². The molecular weight excluding hydrogens is 374 g/mol. The van der Waals surface area contributed by atoms with E-state index in [4.69, 9.17) is 4.74 Å². The molecule has 1 aliphatic carbocycles. The number of aromatic hydroxyl groups is 1. The van der Waals surface area contributed by atoms with E-state index in [1.165, 1.54) is 83.5 Å². The van der Waals surface area contributed by atoms with Crippen LogP contribution in [0.3, 0.4) is 0 Å². The minimum atomic E-state index is 0.145. The van der Waals surface area contributed by atoms with E-state index in [0.717, 1.165) is 31.4 Å². The molecule has 0 aromatic carbocycles. The summed E-state index contributed by atoms with van der Waals surface area (Å²) in [5.74, 6) is 1.13. The van der Waals surface area contributed by atoms with E-state index in [1.54, 1.807) is 0 Å². The summed E-state index contributed by atoms with van der Waals surface area (Å²) >= 11 is 0. The predicted octanol–water partition coefficient (Wildman–Crippen LogP) is 6.81. The van der Waals surface area contributed by atoms with Gasteiger partial charge in [0.2, 0.25) is 11.7 Å². The first-order valence-corrected chi connectivity index (χ1v) is 12.6. The Morgan fingerprint density at radius 1 is 0.833 bits per heavy atom. The summed E-state index contributed by atoms with van der Waals surface area (Å²) in [4.78, 5) is 10.8. The number of hydrogen-bond acceptors (Lipinski definition) is 5. The largest absolute Gasteiger partial charge is 0.502 e. The van der Waals surface area contributed by atoms with Gasteiger partial charge >= 0.3 is 0 Å². The Hall–Kier alpha value is -1.52. The van der Waals surface area contributed by atoms with Gasteiger partial charge in [-0.05, 0) is 32.1 Å². The number of aryl methyl sites for hydroxylation is 1. The molecule has 0 aliphatic heterocycles. The molecule has 1 N–H and O–H groups in total. The fourth-order valence-electron chi connectivity index (χ4n) is 3.88. The summed E-state index contributed by atoms with van der Waals surface area (Å²) in [7, 11) is 3.85. The van der Waals surface area contributed by atoms with E-state index in [9.17, 15) is 5.11 Å². The van der Waals surface area contributed by atoms with Crippen molar-refractivity contribution in [2.45, 2.75) is 122 Å². The van der Waals surface area contributed by atoms with Gasteiger partial charge in [-0.25, -0.2) is 4.98 Å². The average Bonchev–Trinajstić information content (AvgIpc) is 2.70. The molecule has 1 fully saturated rings. The smallest absolute Gasteiger partial charge is 0.262 e. The molecule has 1 heterocycles. The van der Waals surface area contributed by atoms with E-state index in [0.29, 0.717) is 11.8 Å². The molecule has 0 spiro atoms.